The van der Waals surface area contributed by atoms with Gasteiger partial charge in [0.2, 0.25) is 11.8 Å². The highest BCUT2D eigenvalue weighted by atomic mass is 19.1. The smallest absolute Gasteiger partial charge is 0.252 e. The average molecular weight is 315 g/mol. The number of carbonyl (C=O) groups is 1. The topological polar surface area (TPSA) is 95.1 Å². The van der Waals surface area contributed by atoms with E-state index < -0.39 is 11.9 Å². The molecule has 3 rings (SSSR count). The minimum atomic E-state index is -0.711. The first-order valence-corrected chi connectivity index (χ1v) is 6.73. The van der Waals surface area contributed by atoms with Crippen molar-refractivity contribution in [3.05, 3.63) is 41.8 Å². The summed E-state index contributed by atoms with van der Waals surface area (Å²) in [6.45, 7) is 0. The molecule has 0 fully saturated rings. The molecule has 0 aliphatic heterocycles. The molecule has 23 heavy (non-hydrogen) atoms. The molecule has 7 nitrogen and oxygen atoms in total. The molecule has 118 valence electrons. The van der Waals surface area contributed by atoms with Crippen molar-refractivity contribution in [2.75, 3.05) is 12.4 Å². The number of amides is 1. The molecule has 2 aromatic heterocycles. The zero-order chi connectivity index (χ0) is 16.6. The summed E-state index contributed by atoms with van der Waals surface area (Å²) in [7, 11) is 3.33. The van der Waals surface area contributed by atoms with Crippen LogP contribution in [0.5, 0.6) is 5.88 Å². The Bertz CT molecular complexity index is 906. The van der Waals surface area contributed by atoms with Crippen LogP contribution in [-0.2, 0) is 7.05 Å². The Morgan fingerprint density at radius 1 is 1.35 bits per heavy atom. The molecular weight excluding hydrogens is 301 g/mol. The Morgan fingerprint density at radius 2 is 2.13 bits per heavy atom. The summed E-state index contributed by atoms with van der Waals surface area (Å²) in [4.78, 5) is 15.1. The number of rotatable bonds is 4. The number of halogens is 1. The normalized spacial score (nSPS) is 10.7. The number of pyridine rings is 1. The maximum Gasteiger partial charge on any atom is 0.252 e. The van der Waals surface area contributed by atoms with Crippen molar-refractivity contribution in [2.24, 2.45) is 12.8 Å². The van der Waals surface area contributed by atoms with Crippen molar-refractivity contribution in [1.82, 2.24) is 14.8 Å². The minimum absolute atomic E-state index is 0.0553. The lowest BCUT2D eigenvalue weighted by Crippen LogP contribution is -2.14. The van der Waals surface area contributed by atoms with Gasteiger partial charge in [-0.05, 0) is 30.3 Å². The predicted molar refractivity (Wildman–Crippen MR) is 83.3 cm³/mol. The number of hydrogen-bond acceptors (Lipinski definition) is 5. The molecule has 3 N–H and O–H groups in total. The number of fused-ring (bicyclic) bond motifs is 1. The summed E-state index contributed by atoms with van der Waals surface area (Å²) < 4.78 is 20.3. The molecule has 0 atom stereocenters. The maximum atomic E-state index is 13.4. The molecule has 0 saturated heterocycles. The lowest BCUT2D eigenvalue weighted by Gasteiger charge is -2.09. The largest absolute Gasteiger partial charge is 0.479 e. The van der Waals surface area contributed by atoms with Gasteiger partial charge in [-0.1, -0.05) is 0 Å². The van der Waals surface area contributed by atoms with Gasteiger partial charge >= 0.3 is 0 Å². The van der Waals surface area contributed by atoms with E-state index in [0.717, 1.165) is 17.0 Å². The molecule has 1 amide bonds. The highest BCUT2D eigenvalue weighted by Crippen LogP contribution is 2.28. The second-order valence-electron chi connectivity index (χ2n) is 4.88. The van der Waals surface area contributed by atoms with Crippen LogP contribution in [0.1, 0.15) is 10.4 Å². The van der Waals surface area contributed by atoms with Gasteiger partial charge in [0.05, 0.1) is 23.6 Å². The standard InChI is InChI=1S/C15H14FN5O2/c1-21-11-5-3-8(7-10(11)15(20-21)23-2)18-14-9(13(17)22)4-6-12(16)19-14/h3-7H,1-2H3,(H2,17,22)(H,18,19). The molecule has 0 unspecified atom stereocenters. The molecule has 1 aromatic carbocycles. The first-order valence-electron chi connectivity index (χ1n) is 6.73. The van der Waals surface area contributed by atoms with Gasteiger partial charge in [-0.15, -0.1) is 5.10 Å². The third kappa shape index (κ3) is 2.66. The van der Waals surface area contributed by atoms with Gasteiger partial charge in [0.15, 0.2) is 0 Å². The predicted octanol–water partition coefficient (Wildman–Crippen LogP) is 1.96. The lowest BCUT2D eigenvalue weighted by molar-refractivity contribution is 0.100. The van der Waals surface area contributed by atoms with E-state index in [1.54, 1.807) is 23.9 Å². The molecule has 0 bridgehead atoms. The van der Waals surface area contributed by atoms with Gasteiger partial charge in [0.25, 0.3) is 5.91 Å². The van der Waals surface area contributed by atoms with Crippen molar-refractivity contribution in [2.45, 2.75) is 0 Å². The van der Waals surface area contributed by atoms with Crippen LogP contribution < -0.4 is 15.8 Å². The number of hydrogen-bond donors (Lipinski definition) is 2. The van der Waals surface area contributed by atoms with Gasteiger partial charge in [-0.3, -0.25) is 9.48 Å². The summed E-state index contributed by atoms with van der Waals surface area (Å²) in [5.74, 6) is -0.884. The van der Waals surface area contributed by atoms with Crippen LogP contribution in [0.15, 0.2) is 30.3 Å². The minimum Gasteiger partial charge on any atom is -0.479 e. The van der Waals surface area contributed by atoms with E-state index in [1.165, 1.54) is 13.2 Å². The zero-order valence-corrected chi connectivity index (χ0v) is 12.5. The van der Waals surface area contributed by atoms with Crippen LogP contribution in [-0.4, -0.2) is 27.8 Å². The number of ether oxygens (including phenoxy) is 1. The number of benzene rings is 1. The Kier molecular flexibility index (Phi) is 3.57. The number of carbonyl (C=O) groups excluding carboxylic acids is 1. The van der Waals surface area contributed by atoms with Gasteiger partial charge in [0, 0.05) is 12.7 Å². The van der Waals surface area contributed by atoms with E-state index in [0.29, 0.717) is 11.6 Å². The number of anilines is 2. The molecule has 0 aliphatic rings. The Morgan fingerprint density at radius 3 is 2.83 bits per heavy atom. The number of primary amides is 1. The second kappa shape index (κ2) is 5.56. The van der Waals surface area contributed by atoms with E-state index in [1.807, 2.05) is 6.07 Å². The highest BCUT2D eigenvalue weighted by Gasteiger charge is 2.13. The monoisotopic (exact) mass is 315 g/mol. The van der Waals surface area contributed by atoms with Crippen LogP contribution in [0.25, 0.3) is 10.9 Å². The Balaban J connectivity index is 2.05. The van der Waals surface area contributed by atoms with E-state index >= 15 is 0 Å². The third-order valence-electron chi connectivity index (χ3n) is 3.40. The third-order valence-corrected chi connectivity index (χ3v) is 3.40. The molecule has 0 aliphatic carbocycles. The van der Waals surface area contributed by atoms with Crippen molar-refractivity contribution >= 4 is 28.3 Å². The van der Waals surface area contributed by atoms with Gasteiger partial charge in [0.1, 0.15) is 5.82 Å². The van der Waals surface area contributed by atoms with Crippen LogP contribution in [0, 0.1) is 5.95 Å². The van der Waals surface area contributed by atoms with E-state index in [4.69, 9.17) is 10.5 Å². The van der Waals surface area contributed by atoms with E-state index in [2.05, 4.69) is 15.4 Å². The molecule has 0 spiro atoms. The number of nitrogens with zero attached hydrogens (tertiary/aromatic N) is 3. The molecular formula is C15H14FN5O2. The lowest BCUT2D eigenvalue weighted by atomic mass is 10.2. The first-order chi connectivity index (χ1) is 11.0. The van der Waals surface area contributed by atoms with Gasteiger partial charge in [-0.25, -0.2) is 4.98 Å². The fourth-order valence-corrected chi connectivity index (χ4v) is 2.33. The van der Waals surface area contributed by atoms with E-state index in [-0.39, 0.29) is 11.4 Å². The molecule has 0 radical (unpaired) electrons. The fourth-order valence-electron chi connectivity index (χ4n) is 2.33. The summed E-state index contributed by atoms with van der Waals surface area (Å²) in [6, 6.07) is 7.74. The quantitative estimate of drug-likeness (QED) is 0.718. The first kappa shape index (κ1) is 14.8. The van der Waals surface area contributed by atoms with Crippen molar-refractivity contribution in [1.29, 1.82) is 0 Å². The van der Waals surface area contributed by atoms with Crippen LogP contribution in [0.2, 0.25) is 0 Å². The zero-order valence-electron chi connectivity index (χ0n) is 12.5. The number of aromatic nitrogens is 3. The van der Waals surface area contributed by atoms with Crippen LogP contribution >= 0.6 is 0 Å². The SMILES string of the molecule is COc1nn(C)c2ccc(Nc3nc(F)ccc3C(N)=O)cc12. The molecule has 2 heterocycles. The number of aryl methyl sites for hydroxylation is 1. The number of methoxy groups -OCH3 is 1. The fraction of sp³-hybridized carbons (Fsp3) is 0.133. The van der Waals surface area contributed by atoms with Gasteiger partial charge < -0.3 is 15.8 Å². The summed E-state index contributed by atoms with van der Waals surface area (Å²) in [6.07, 6.45) is 0. The summed E-state index contributed by atoms with van der Waals surface area (Å²) in [5.41, 5.74) is 6.86. The van der Waals surface area contributed by atoms with Crippen molar-refractivity contribution in [3.8, 4) is 5.88 Å². The number of nitrogens with two attached hydrogens (primary N) is 1. The van der Waals surface area contributed by atoms with Gasteiger partial charge in [-0.2, -0.15) is 4.39 Å². The molecule has 3 aromatic rings. The highest BCUT2D eigenvalue weighted by molar-refractivity contribution is 5.98. The molecule has 8 heteroatoms. The summed E-state index contributed by atoms with van der Waals surface area (Å²) >= 11 is 0. The van der Waals surface area contributed by atoms with Crippen LogP contribution in [0.3, 0.4) is 0 Å². The van der Waals surface area contributed by atoms with Crippen molar-refractivity contribution < 1.29 is 13.9 Å². The maximum absolute atomic E-state index is 13.4. The Hall–Kier alpha value is -3.16. The van der Waals surface area contributed by atoms with Crippen LogP contribution in [0.4, 0.5) is 15.9 Å². The second-order valence-corrected chi connectivity index (χ2v) is 4.88. The van der Waals surface area contributed by atoms with Crippen molar-refractivity contribution in [3.63, 3.8) is 0 Å². The molecule has 0 saturated carbocycles. The average Bonchev–Trinajstić information content (AvgIpc) is 2.83. The Labute approximate surface area is 130 Å². The van der Waals surface area contributed by atoms with E-state index in [9.17, 15) is 9.18 Å². The summed E-state index contributed by atoms with van der Waals surface area (Å²) in [5, 5.41) is 7.91. The number of nitrogens with one attached hydrogen (secondary N) is 1.